The lowest BCUT2D eigenvalue weighted by Crippen LogP contribution is -2.29. The summed E-state index contributed by atoms with van der Waals surface area (Å²) < 4.78 is 6.13. The van der Waals surface area contributed by atoms with Crippen LogP contribution in [0.2, 0.25) is 5.02 Å². The number of ether oxygens (including phenoxy) is 1. The van der Waals surface area contributed by atoms with E-state index >= 15 is 0 Å². The van der Waals surface area contributed by atoms with E-state index < -0.39 is 17.7 Å². The average molecular weight is 581 g/mol. The summed E-state index contributed by atoms with van der Waals surface area (Å²) in [5, 5.41) is 30.7. The summed E-state index contributed by atoms with van der Waals surface area (Å²) >= 11 is 8.55. The molecule has 2 aromatic heterocycles. The van der Waals surface area contributed by atoms with E-state index in [1.54, 1.807) is 43.3 Å². The van der Waals surface area contributed by atoms with Gasteiger partial charge in [-0.05, 0) is 54.4 Å². The number of hydrogen-bond acceptors (Lipinski definition) is 10. The number of aliphatic hydroxyl groups excluding tert-OH is 1. The van der Waals surface area contributed by atoms with Gasteiger partial charge in [0.1, 0.15) is 5.76 Å². The minimum atomic E-state index is -1.04. The zero-order valence-corrected chi connectivity index (χ0v) is 22.8. The van der Waals surface area contributed by atoms with Crippen LogP contribution in [0.25, 0.3) is 5.76 Å². The van der Waals surface area contributed by atoms with Gasteiger partial charge in [-0.2, -0.15) is 0 Å². The minimum absolute atomic E-state index is 0.0940. The Morgan fingerprint density at radius 3 is 2.56 bits per heavy atom. The lowest BCUT2D eigenvalue weighted by atomic mass is 9.95. The van der Waals surface area contributed by atoms with Gasteiger partial charge < -0.3 is 14.9 Å². The SMILES string of the molecule is CCOc1cc(C2C(=C(O)c3ccncc3)C(=O)C(=O)N2c2nnc(SCc3ccc(Cl)cc3)s2)ccc1O. The van der Waals surface area contributed by atoms with E-state index in [0.29, 0.717) is 32.8 Å². The molecule has 1 aliphatic rings. The van der Waals surface area contributed by atoms with Crippen molar-refractivity contribution < 1.29 is 24.5 Å². The Bertz CT molecular complexity index is 1560. The Morgan fingerprint density at radius 1 is 1.10 bits per heavy atom. The van der Waals surface area contributed by atoms with Crippen molar-refractivity contribution in [2.24, 2.45) is 0 Å². The van der Waals surface area contributed by atoms with Crippen LogP contribution in [-0.2, 0) is 15.3 Å². The first kappa shape index (κ1) is 26.7. The molecule has 9 nitrogen and oxygen atoms in total. The number of carbonyl (C=O) groups is 2. The van der Waals surface area contributed by atoms with Crippen molar-refractivity contribution in [2.45, 2.75) is 23.1 Å². The largest absolute Gasteiger partial charge is 0.507 e. The molecule has 0 spiro atoms. The molecule has 4 aromatic rings. The van der Waals surface area contributed by atoms with Crippen molar-refractivity contribution in [3.05, 3.63) is 94.3 Å². The number of pyridine rings is 1. The van der Waals surface area contributed by atoms with Crippen molar-refractivity contribution in [1.82, 2.24) is 15.2 Å². The number of carbonyl (C=O) groups excluding carboxylic acids is 2. The molecule has 39 heavy (non-hydrogen) atoms. The van der Waals surface area contributed by atoms with Crippen LogP contribution in [-0.4, -0.2) is 43.7 Å². The molecule has 5 rings (SSSR count). The van der Waals surface area contributed by atoms with Gasteiger partial charge in [-0.1, -0.05) is 52.9 Å². The topological polar surface area (TPSA) is 126 Å². The summed E-state index contributed by atoms with van der Waals surface area (Å²) in [6.07, 6.45) is 2.95. The maximum atomic E-state index is 13.4. The van der Waals surface area contributed by atoms with Gasteiger partial charge in [0, 0.05) is 28.7 Å². The fourth-order valence-corrected chi connectivity index (χ4v) is 6.02. The van der Waals surface area contributed by atoms with Crippen LogP contribution in [0.5, 0.6) is 11.5 Å². The van der Waals surface area contributed by atoms with E-state index in [1.807, 2.05) is 12.1 Å². The number of aromatic hydroxyl groups is 1. The molecule has 12 heteroatoms. The molecule has 2 aromatic carbocycles. The van der Waals surface area contributed by atoms with Gasteiger partial charge in [0.15, 0.2) is 15.8 Å². The molecule has 198 valence electrons. The number of aromatic nitrogens is 3. The third-order valence-electron chi connectivity index (χ3n) is 5.88. The Balaban J connectivity index is 1.56. The summed E-state index contributed by atoms with van der Waals surface area (Å²) in [6, 6.07) is 14.0. The molecule has 0 radical (unpaired) electrons. The minimum Gasteiger partial charge on any atom is -0.507 e. The van der Waals surface area contributed by atoms with Gasteiger partial charge >= 0.3 is 5.91 Å². The highest BCUT2D eigenvalue weighted by molar-refractivity contribution is 8.00. The van der Waals surface area contributed by atoms with E-state index in [9.17, 15) is 19.8 Å². The van der Waals surface area contributed by atoms with Gasteiger partial charge in [0.05, 0.1) is 18.2 Å². The van der Waals surface area contributed by atoms with Crippen molar-refractivity contribution in [3.63, 3.8) is 0 Å². The number of benzene rings is 2. The number of halogens is 1. The van der Waals surface area contributed by atoms with Crippen molar-refractivity contribution in [1.29, 1.82) is 0 Å². The van der Waals surface area contributed by atoms with Gasteiger partial charge in [-0.3, -0.25) is 19.5 Å². The molecule has 1 atom stereocenters. The second kappa shape index (κ2) is 11.4. The highest BCUT2D eigenvalue weighted by Crippen LogP contribution is 2.45. The fraction of sp³-hybridized carbons (Fsp3) is 0.148. The number of hydrogen-bond donors (Lipinski definition) is 2. The van der Waals surface area contributed by atoms with Gasteiger partial charge in [0.2, 0.25) is 5.13 Å². The summed E-state index contributed by atoms with van der Waals surface area (Å²) in [4.78, 5) is 31.9. The van der Waals surface area contributed by atoms with Crippen molar-refractivity contribution in [3.8, 4) is 11.5 Å². The van der Waals surface area contributed by atoms with E-state index in [2.05, 4.69) is 15.2 Å². The number of rotatable bonds is 8. The molecule has 1 saturated heterocycles. The number of phenols is 1. The lowest BCUT2D eigenvalue weighted by molar-refractivity contribution is -0.132. The van der Waals surface area contributed by atoms with Crippen molar-refractivity contribution >= 4 is 57.3 Å². The zero-order valence-electron chi connectivity index (χ0n) is 20.4. The van der Waals surface area contributed by atoms with Crippen molar-refractivity contribution in [2.75, 3.05) is 11.5 Å². The Hall–Kier alpha value is -3.93. The standard InChI is InChI=1S/C27H21ClN4O5S2/c1-2-37-20-13-17(5-8-19(20)33)22-21(23(34)16-9-11-29-12-10-16)24(35)25(36)32(22)26-30-31-27(39-26)38-14-15-3-6-18(28)7-4-15/h3-13,22,33-34H,2,14H2,1H3. The summed E-state index contributed by atoms with van der Waals surface area (Å²) in [7, 11) is 0. The first-order valence-electron chi connectivity index (χ1n) is 11.7. The first-order valence-corrected chi connectivity index (χ1v) is 13.9. The second-order valence-electron chi connectivity index (χ2n) is 8.33. The Morgan fingerprint density at radius 2 is 1.85 bits per heavy atom. The molecular formula is C27H21ClN4O5S2. The molecule has 0 aliphatic carbocycles. The first-order chi connectivity index (χ1) is 18.9. The van der Waals surface area contributed by atoms with Crippen LogP contribution < -0.4 is 9.64 Å². The Kier molecular flexibility index (Phi) is 7.82. The second-order valence-corrected chi connectivity index (χ2v) is 10.9. The van der Waals surface area contributed by atoms with E-state index in [-0.39, 0.29) is 28.0 Å². The zero-order chi connectivity index (χ0) is 27.5. The summed E-state index contributed by atoms with van der Waals surface area (Å²) in [5.41, 5.74) is 1.68. The number of anilines is 1. The molecule has 1 fully saturated rings. The number of thioether (sulfide) groups is 1. The van der Waals surface area contributed by atoms with Gasteiger partial charge in [-0.15, -0.1) is 10.2 Å². The predicted molar refractivity (Wildman–Crippen MR) is 149 cm³/mol. The number of aliphatic hydroxyl groups is 1. The highest BCUT2D eigenvalue weighted by atomic mass is 35.5. The lowest BCUT2D eigenvalue weighted by Gasteiger charge is -2.23. The van der Waals surface area contributed by atoms with Crippen LogP contribution >= 0.6 is 34.7 Å². The fourth-order valence-electron chi connectivity index (χ4n) is 4.07. The molecule has 3 heterocycles. The van der Waals surface area contributed by atoms with Crippen LogP contribution in [0, 0.1) is 0 Å². The van der Waals surface area contributed by atoms with E-state index in [1.165, 1.54) is 35.1 Å². The number of phenolic OH excluding ortho intramolecular Hbond substituents is 1. The van der Waals surface area contributed by atoms with E-state index in [4.69, 9.17) is 16.3 Å². The predicted octanol–water partition coefficient (Wildman–Crippen LogP) is 5.61. The number of Topliss-reactive ketones (excluding diaryl/α,β-unsaturated/α-hetero) is 1. The van der Waals surface area contributed by atoms with Gasteiger partial charge in [0.25, 0.3) is 5.78 Å². The van der Waals surface area contributed by atoms with E-state index in [0.717, 1.165) is 16.9 Å². The number of ketones is 1. The normalized spacial score (nSPS) is 16.6. The number of nitrogens with zero attached hydrogens (tertiary/aromatic N) is 4. The molecule has 0 saturated carbocycles. The third kappa shape index (κ3) is 5.47. The number of amides is 1. The molecular weight excluding hydrogens is 560 g/mol. The third-order valence-corrected chi connectivity index (χ3v) is 8.25. The van der Waals surface area contributed by atoms with Crippen LogP contribution in [0.3, 0.4) is 0 Å². The average Bonchev–Trinajstić information content (AvgIpc) is 3.52. The maximum absolute atomic E-state index is 13.4. The smallest absolute Gasteiger partial charge is 0.301 e. The summed E-state index contributed by atoms with van der Waals surface area (Å²) in [5.74, 6) is -1.38. The molecule has 1 aliphatic heterocycles. The monoisotopic (exact) mass is 580 g/mol. The van der Waals surface area contributed by atoms with Gasteiger partial charge in [-0.25, -0.2) is 0 Å². The molecule has 0 bridgehead atoms. The molecule has 1 amide bonds. The Labute approximate surface area is 236 Å². The molecule has 1 unspecified atom stereocenters. The molecule has 2 N–H and O–H groups in total. The summed E-state index contributed by atoms with van der Waals surface area (Å²) in [6.45, 7) is 2.06. The van der Waals surface area contributed by atoms with Crippen LogP contribution in [0.4, 0.5) is 5.13 Å². The highest BCUT2D eigenvalue weighted by Gasteiger charge is 2.48. The quantitative estimate of drug-likeness (QED) is 0.0899. The van der Waals surface area contributed by atoms with Crippen LogP contribution in [0.15, 0.2) is 76.9 Å². The van der Waals surface area contributed by atoms with Crippen LogP contribution in [0.1, 0.15) is 29.7 Å². The maximum Gasteiger partial charge on any atom is 0.301 e.